The van der Waals surface area contributed by atoms with Gasteiger partial charge in [0.2, 0.25) is 20.0 Å². The molecular formula is C21H18Cl6N2O7. The Hall–Kier alpha value is -2.01. The second-order valence-electron chi connectivity index (χ2n) is 6.74. The number of hydrogen-bond donors (Lipinski definition) is 2. The van der Waals surface area contributed by atoms with Crippen molar-refractivity contribution in [3.8, 4) is 11.5 Å². The molecule has 2 atom stereocenters. The van der Waals surface area contributed by atoms with Crippen molar-refractivity contribution in [1.29, 1.82) is 0 Å². The number of amides is 2. The molecule has 0 bridgehead atoms. The van der Waals surface area contributed by atoms with Crippen molar-refractivity contribution in [2.24, 2.45) is 0 Å². The molecule has 2 rings (SSSR count). The number of benzene rings is 2. The Morgan fingerprint density at radius 3 is 1.36 bits per heavy atom. The third-order valence-corrected chi connectivity index (χ3v) is 5.33. The minimum absolute atomic E-state index is 0.0725. The molecule has 0 unspecified atom stereocenters. The van der Waals surface area contributed by atoms with Gasteiger partial charge in [-0.3, -0.25) is 10.6 Å². The van der Waals surface area contributed by atoms with Crippen molar-refractivity contribution in [2.75, 3.05) is 14.2 Å². The summed E-state index contributed by atoms with van der Waals surface area (Å²) in [6.07, 6.45) is -3.15. The van der Waals surface area contributed by atoms with E-state index in [1.807, 2.05) is 0 Å². The monoisotopic (exact) mass is 620 g/mol. The highest BCUT2D eigenvalue weighted by Crippen LogP contribution is 2.34. The fraction of sp³-hybridized carbons (Fsp3) is 0.286. The molecule has 0 aromatic heterocycles. The molecule has 0 saturated heterocycles. The van der Waals surface area contributed by atoms with Gasteiger partial charge in [-0.25, -0.2) is 14.4 Å². The lowest BCUT2D eigenvalue weighted by atomic mass is 10.2. The van der Waals surface area contributed by atoms with Gasteiger partial charge in [0, 0.05) is 0 Å². The van der Waals surface area contributed by atoms with E-state index in [0.717, 1.165) is 0 Å². The van der Waals surface area contributed by atoms with Crippen LogP contribution in [0.15, 0.2) is 48.5 Å². The Kier molecular flexibility index (Phi) is 10.9. The molecule has 15 heteroatoms. The van der Waals surface area contributed by atoms with Crippen LogP contribution in [0, 0.1) is 0 Å². The Labute approximate surface area is 236 Å². The van der Waals surface area contributed by atoms with Gasteiger partial charge in [0.05, 0.1) is 25.3 Å². The molecule has 2 N–H and O–H groups in total. The zero-order chi connectivity index (χ0) is 27.1. The average molecular weight is 623 g/mol. The van der Waals surface area contributed by atoms with Crippen molar-refractivity contribution in [3.05, 3.63) is 59.7 Å². The molecule has 0 aliphatic carbocycles. The predicted molar refractivity (Wildman–Crippen MR) is 137 cm³/mol. The first-order chi connectivity index (χ1) is 16.7. The summed E-state index contributed by atoms with van der Waals surface area (Å²) in [6.45, 7) is 0. The van der Waals surface area contributed by atoms with E-state index in [9.17, 15) is 14.4 Å². The van der Waals surface area contributed by atoms with E-state index >= 15 is 0 Å². The summed E-state index contributed by atoms with van der Waals surface area (Å²) >= 11 is 35.7. The van der Waals surface area contributed by atoms with Crippen molar-refractivity contribution in [1.82, 2.24) is 10.6 Å². The number of halogens is 6. The Bertz CT molecular complexity index is 1010. The number of alkyl halides is 6. The highest BCUT2D eigenvalue weighted by atomic mass is 35.6. The Balaban J connectivity index is 2.18. The van der Waals surface area contributed by atoms with E-state index in [0.29, 0.717) is 0 Å². The van der Waals surface area contributed by atoms with E-state index < -0.39 is 38.0 Å². The van der Waals surface area contributed by atoms with Gasteiger partial charge >= 0.3 is 18.0 Å². The van der Waals surface area contributed by atoms with E-state index in [1.54, 1.807) is 0 Å². The maximum atomic E-state index is 12.7. The fourth-order valence-corrected chi connectivity index (χ4v) is 3.13. The molecule has 9 nitrogen and oxygen atoms in total. The third kappa shape index (κ3) is 9.14. The number of ether oxygens (including phenoxy) is 4. The SMILES string of the molecule is COC(=O)c1cccc(O[C@H](NC(=O)N[C@@H](Oc2cccc(C(=O)OC)c2)C(Cl)(Cl)Cl)C(Cl)(Cl)Cl)c1. The topological polar surface area (TPSA) is 112 Å². The van der Waals surface area contributed by atoms with Gasteiger partial charge in [0.15, 0.2) is 0 Å². The van der Waals surface area contributed by atoms with Gasteiger partial charge in [-0.1, -0.05) is 81.7 Å². The summed E-state index contributed by atoms with van der Waals surface area (Å²) in [5, 5.41) is 4.56. The van der Waals surface area contributed by atoms with Crippen LogP contribution in [0.25, 0.3) is 0 Å². The molecule has 0 spiro atoms. The van der Waals surface area contributed by atoms with Crippen LogP contribution in [0.4, 0.5) is 4.79 Å². The minimum Gasteiger partial charge on any atom is -0.466 e. The van der Waals surface area contributed by atoms with Crippen molar-refractivity contribution in [2.45, 2.75) is 20.0 Å². The number of rotatable bonds is 8. The summed E-state index contributed by atoms with van der Waals surface area (Å²) in [5.41, 5.74) is 0.308. The standard InChI is InChI=1S/C21H18Cl6N2O7/c1-33-15(30)11-5-3-7-13(9-11)35-17(20(22,23)24)28-19(32)29-18(21(25,26)27)36-14-8-4-6-12(10-14)16(31)34-2/h3-10,17-18H,1-2H3,(H2,28,29,32)/t17-,18-/m0/s1. The largest absolute Gasteiger partial charge is 0.466 e. The smallest absolute Gasteiger partial charge is 0.337 e. The minimum atomic E-state index is -2.18. The summed E-state index contributed by atoms with van der Waals surface area (Å²) < 4.78 is 16.1. The van der Waals surface area contributed by atoms with Crippen LogP contribution in [-0.4, -0.2) is 52.2 Å². The summed E-state index contributed by atoms with van der Waals surface area (Å²) in [4.78, 5) is 36.2. The van der Waals surface area contributed by atoms with E-state index in [2.05, 4.69) is 20.1 Å². The Morgan fingerprint density at radius 1 is 0.694 bits per heavy atom. The second-order valence-corrected chi connectivity index (χ2v) is 11.5. The third-order valence-electron chi connectivity index (χ3n) is 4.14. The van der Waals surface area contributed by atoms with Crippen LogP contribution in [-0.2, 0) is 9.47 Å². The summed E-state index contributed by atoms with van der Waals surface area (Å²) in [5.74, 6) is -1.11. The molecule has 196 valence electrons. The van der Waals surface area contributed by atoms with Crippen molar-refractivity contribution in [3.63, 3.8) is 0 Å². The van der Waals surface area contributed by atoms with Crippen LogP contribution < -0.4 is 20.1 Å². The van der Waals surface area contributed by atoms with Gasteiger partial charge in [-0.2, -0.15) is 0 Å². The number of carbonyl (C=O) groups excluding carboxylic acids is 3. The first kappa shape index (κ1) is 30.2. The van der Waals surface area contributed by atoms with Crippen LogP contribution in [0.1, 0.15) is 20.7 Å². The summed E-state index contributed by atoms with van der Waals surface area (Å²) in [7, 11) is 2.42. The molecule has 0 heterocycles. The zero-order valence-corrected chi connectivity index (χ0v) is 22.9. The molecule has 0 fully saturated rings. The van der Waals surface area contributed by atoms with E-state index in [1.165, 1.54) is 62.8 Å². The average Bonchev–Trinajstić information content (AvgIpc) is 2.81. The molecule has 0 aliphatic heterocycles. The van der Waals surface area contributed by atoms with Gasteiger partial charge in [0.1, 0.15) is 11.5 Å². The predicted octanol–water partition coefficient (Wildman–Crippen LogP) is 5.41. The number of carbonyl (C=O) groups is 3. The van der Waals surface area contributed by atoms with E-state index in [4.69, 9.17) is 79.1 Å². The van der Waals surface area contributed by atoms with Crippen LogP contribution in [0.3, 0.4) is 0 Å². The number of esters is 2. The van der Waals surface area contributed by atoms with Crippen LogP contribution in [0.5, 0.6) is 11.5 Å². The van der Waals surface area contributed by atoms with Crippen LogP contribution in [0.2, 0.25) is 0 Å². The molecule has 0 radical (unpaired) electrons. The molecular weight excluding hydrogens is 605 g/mol. The number of nitrogens with one attached hydrogen (secondary N) is 2. The first-order valence-corrected chi connectivity index (χ1v) is 11.9. The lowest BCUT2D eigenvalue weighted by molar-refractivity contribution is 0.0591. The molecule has 36 heavy (non-hydrogen) atoms. The first-order valence-electron chi connectivity index (χ1n) is 9.65. The van der Waals surface area contributed by atoms with Gasteiger partial charge in [0.25, 0.3) is 0 Å². The number of methoxy groups -OCH3 is 2. The second kappa shape index (κ2) is 13.0. The zero-order valence-electron chi connectivity index (χ0n) is 18.4. The van der Waals surface area contributed by atoms with Crippen molar-refractivity contribution >= 4 is 87.6 Å². The molecule has 0 saturated carbocycles. The maximum absolute atomic E-state index is 12.7. The lowest BCUT2D eigenvalue weighted by Gasteiger charge is -2.30. The Morgan fingerprint density at radius 2 is 1.06 bits per heavy atom. The number of urea groups is 1. The number of hydrogen-bond acceptors (Lipinski definition) is 7. The highest BCUT2D eigenvalue weighted by Gasteiger charge is 2.40. The van der Waals surface area contributed by atoms with E-state index in [-0.39, 0.29) is 22.6 Å². The molecule has 2 aromatic rings. The normalized spacial score (nSPS) is 13.1. The molecule has 2 amide bonds. The lowest BCUT2D eigenvalue weighted by Crippen LogP contribution is -2.56. The highest BCUT2D eigenvalue weighted by molar-refractivity contribution is 6.68. The molecule has 2 aromatic carbocycles. The quantitative estimate of drug-likeness (QED) is 0.230. The van der Waals surface area contributed by atoms with Gasteiger partial charge in [-0.15, -0.1) is 0 Å². The fourth-order valence-electron chi connectivity index (χ4n) is 2.54. The van der Waals surface area contributed by atoms with Gasteiger partial charge in [-0.05, 0) is 36.4 Å². The summed E-state index contributed by atoms with van der Waals surface area (Å²) in [6, 6.07) is 10.5. The van der Waals surface area contributed by atoms with Crippen LogP contribution >= 0.6 is 69.6 Å². The van der Waals surface area contributed by atoms with Crippen molar-refractivity contribution < 1.29 is 33.3 Å². The maximum Gasteiger partial charge on any atom is 0.337 e. The molecule has 0 aliphatic rings. The van der Waals surface area contributed by atoms with Gasteiger partial charge < -0.3 is 18.9 Å².